The minimum atomic E-state index is 1.04. The van der Waals surface area contributed by atoms with E-state index in [4.69, 9.17) is 0 Å². The quantitative estimate of drug-likeness (QED) is 0.822. The maximum absolute atomic E-state index is 4.14. The van der Waals surface area contributed by atoms with Crippen LogP contribution in [0.2, 0.25) is 0 Å². The number of rotatable bonds is 2. The van der Waals surface area contributed by atoms with Gasteiger partial charge < -0.3 is 10.2 Å². The van der Waals surface area contributed by atoms with E-state index in [0.717, 1.165) is 32.6 Å². The van der Waals surface area contributed by atoms with Gasteiger partial charge in [-0.25, -0.2) is 0 Å². The normalized spacial score (nSPS) is 16.6. The third kappa shape index (κ3) is 1.78. The first-order chi connectivity index (χ1) is 8.40. The Morgan fingerprint density at radius 3 is 2.88 bits per heavy atom. The number of nitrogens with zero attached hydrogens (tertiary/aromatic N) is 2. The van der Waals surface area contributed by atoms with Crippen molar-refractivity contribution in [2.24, 2.45) is 0 Å². The average Bonchev–Trinajstić information content (AvgIpc) is 2.86. The molecule has 3 rings (SSSR count). The molecule has 1 aromatic heterocycles. The standard InChI is InChI=1S/C13H18N4/c1-2-11-12(17-7-5-14-6-8-17)4-3-10-9-15-16-13(10)11/h3-4,9,14H,2,5-8H2,1H3,(H,15,16). The molecule has 1 aliphatic rings. The van der Waals surface area contributed by atoms with E-state index in [2.05, 4.69) is 39.5 Å². The molecule has 0 spiro atoms. The lowest BCUT2D eigenvalue weighted by atomic mass is 10.1. The Morgan fingerprint density at radius 2 is 2.12 bits per heavy atom. The van der Waals surface area contributed by atoms with Crippen LogP contribution in [0.4, 0.5) is 5.69 Å². The van der Waals surface area contributed by atoms with Crippen molar-refractivity contribution in [2.45, 2.75) is 13.3 Å². The van der Waals surface area contributed by atoms with Crippen LogP contribution in [0.25, 0.3) is 10.9 Å². The number of aromatic nitrogens is 2. The van der Waals surface area contributed by atoms with Crippen LogP contribution >= 0.6 is 0 Å². The van der Waals surface area contributed by atoms with Gasteiger partial charge in [0.1, 0.15) is 0 Å². The highest BCUT2D eigenvalue weighted by Gasteiger charge is 2.15. The molecule has 0 radical (unpaired) electrons. The summed E-state index contributed by atoms with van der Waals surface area (Å²) in [5.74, 6) is 0. The number of hydrogen-bond donors (Lipinski definition) is 2. The van der Waals surface area contributed by atoms with E-state index in [1.165, 1.54) is 22.2 Å². The highest BCUT2D eigenvalue weighted by molar-refractivity contribution is 5.86. The lowest BCUT2D eigenvalue weighted by Gasteiger charge is -2.31. The van der Waals surface area contributed by atoms with Crippen LogP contribution in [-0.2, 0) is 6.42 Å². The number of hydrogen-bond acceptors (Lipinski definition) is 3. The molecule has 1 aliphatic heterocycles. The molecule has 2 N–H and O–H groups in total. The van der Waals surface area contributed by atoms with Gasteiger partial charge in [0.25, 0.3) is 0 Å². The van der Waals surface area contributed by atoms with Gasteiger partial charge in [-0.05, 0) is 18.6 Å². The van der Waals surface area contributed by atoms with Crippen LogP contribution in [0.5, 0.6) is 0 Å². The summed E-state index contributed by atoms with van der Waals surface area (Å²) < 4.78 is 0. The molecular formula is C13H18N4. The van der Waals surface area contributed by atoms with Gasteiger partial charge >= 0.3 is 0 Å². The van der Waals surface area contributed by atoms with Gasteiger partial charge in [0.15, 0.2) is 0 Å². The molecule has 1 saturated heterocycles. The number of H-pyrrole nitrogens is 1. The van der Waals surface area contributed by atoms with Crippen molar-refractivity contribution in [3.05, 3.63) is 23.9 Å². The van der Waals surface area contributed by atoms with Crippen LogP contribution in [-0.4, -0.2) is 36.4 Å². The summed E-state index contributed by atoms with van der Waals surface area (Å²) in [7, 11) is 0. The van der Waals surface area contributed by atoms with Gasteiger partial charge in [0.2, 0.25) is 0 Å². The minimum absolute atomic E-state index is 1.04. The summed E-state index contributed by atoms with van der Waals surface area (Å²) >= 11 is 0. The molecule has 4 heteroatoms. The van der Waals surface area contributed by atoms with Crippen LogP contribution in [0.15, 0.2) is 18.3 Å². The number of anilines is 1. The Kier molecular flexibility index (Phi) is 2.73. The monoisotopic (exact) mass is 230 g/mol. The number of piperazine rings is 1. The maximum Gasteiger partial charge on any atom is 0.0702 e. The van der Waals surface area contributed by atoms with Gasteiger partial charge in [0.05, 0.1) is 11.7 Å². The van der Waals surface area contributed by atoms with Crippen molar-refractivity contribution in [3.8, 4) is 0 Å². The van der Waals surface area contributed by atoms with Crippen molar-refractivity contribution in [3.63, 3.8) is 0 Å². The van der Waals surface area contributed by atoms with Crippen molar-refractivity contribution in [1.82, 2.24) is 15.5 Å². The first-order valence-electron chi connectivity index (χ1n) is 6.30. The van der Waals surface area contributed by atoms with Gasteiger partial charge in [-0.15, -0.1) is 0 Å². The number of benzene rings is 1. The third-order valence-corrected chi connectivity index (χ3v) is 3.51. The van der Waals surface area contributed by atoms with Crippen molar-refractivity contribution in [1.29, 1.82) is 0 Å². The highest BCUT2D eigenvalue weighted by atomic mass is 15.2. The Morgan fingerprint density at radius 1 is 1.29 bits per heavy atom. The van der Waals surface area contributed by atoms with E-state index in [0.29, 0.717) is 0 Å². The molecule has 0 saturated carbocycles. The lowest BCUT2D eigenvalue weighted by Crippen LogP contribution is -2.43. The molecule has 0 bridgehead atoms. The van der Waals surface area contributed by atoms with E-state index in [9.17, 15) is 0 Å². The number of aromatic amines is 1. The van der Waals surface area contributed by atoms with E-state index < -0.39 is 0 Å². The summed E-state index contributed by atoms with van der Waals surface area (Å²) in [5.41, 5.74) is 3.95. The molecular weight excluding hydrogens is 212 g/mol. The van der Waals surface area contributed by atoms with Crippen LogP contribution in [0.3, 0.4) is 0 Å². The van der Waals surface area contributed by atoms with E-state index in [-0.39, 0.29) is 0 Å². The van der Waals surface area contributed by atoms with E-state index >= 15 is 0 Å². The fourth-order valence-electron chi connectivity index (χ4n) is 2.62. The van der Waals surface area contributed by atoms with Crippen LogP contribution in [0, 0.1) is 0 Å². The van der Waals surface area contributed by atoms with Gasteiger partial charge in [-0.3, -0.25) is 5.10 Å². The number of fused-ring (bicyclic) bond motifs is 1. The molecule has 0 aliphatic carbocycles. The Bertz CT molecular complexity index is 511. The summed E-state index contributed by atoms with van der Waals surface area (Å²) in [6, 6.07) is 4.40. The second-order valence-electron chi connectivity index (χ2n) is 4.49. The van der Waals surface area contributed by atoms with Crippen LogP contribution < -0.4 is 10.2 Å². The average molecular weight is 230 g/mol. The molecule has 17 heavy (non-hydrogen) atoms. The summed E-state index contributed by atoms with van der Waals surface area (Å²) in [6.45, 7) is 6.54. The van der Waals surface area contributed by atoms with Crippen molar-refractivity contribution < 1.29 is 0 Å². The molecule has 2 aromatic rings. The Balaban J connectivity index is 2.07. The molecule has 0 unspecified atom stereocenters. The molecule has 90 valence electrons. The minimum Gasteiger partial charge on any atom is -0.369 e. The van der Waals surface area contributed by atoms with Crippen molar-refractivity contribution in [2.75, 3.05) is 31.1 Å². The highest BCUT2D eigenvalue weighted by Crippen LogP contribution is 2.28. The molecule has 4 nitrogen and oxygen atoms in total. The van der Waals surface area contributed by atoms with Gasteiger partial charge in [-0.1, -0.05) is 6.92 Å². The van der Waals surface area contributed by atoms with Crippen LogP contribution in [0.1, 0.15) is 12.5 Å². The molecule has 1 aromatic carbocycles. The Labute approximate surface area is 101 Å². The lowest BCUT2D eigenvalue weighted by molar-refractivity contribution is 0.588. The van der Waals surface area contributed by atoms with Crippen molar-refractivity contribution >= 4 is 16.6 Å². The predicted molar refractivity (Wildman–Crippen MR) is 70.6 cm³/mol. The summed E-state index contributed by atoms with van der Waals surface area (Å²) in [4.78, 5) is 2.47. The fraction of sp³-hybridized carbons (Fsp3) is 0.462. The van der Waals surface area contributed by atoms with Gasteiger partial charge in [0, 0.05) is 42.8 Å². The van der Waals surface area contributed by atoms with E-state index in [1.54, 1.807) is 0 Å². The third-order valence-electron chi connectivity index (χ3n) is 3.51. The second-order valence-corrected chi connectivity index (χ2v) is 4.49. The number of nitrogens with one attached hydrogen (secondary N) is 2. The zero-order valence-electron chi connectivity index (χ0n) is 10.2. The second kappa shape index (κ2) is 4.37. The molecule has 1 fully saturated rings. The number of aryl methyl sites for hydroxylation is 1. The SMILES string of the molecule is CCc1c(N2CCNCC2)ccc2cn[nH]c12. The van der Waals surface area contributed by atoms with Gasteiger partial charge in [-0.2, -0.15) is 5.10 Å². The zero-order chi connectivity index (χ0) is 11.7. The first kappa shape index (κ1) is 10.6. The maximum atomic E-state index is 4.14. The fourth-order valence-corrected chi connectivity index (χ4v) is 2.62. The van der Waals surface area contributed by atoms with E-state index in [1.807, 2.05) is 6.20 Å². The topological polar surface area (TPSA) is 44.0 Å². The first-order valence-corrected chi connectivity index (χ1v) is 6.30. The zero-order valence-corrected chi connectivity index (χ0v) is 10.2. The smallest absolute Gasteiger partial charge is 0.0702 e. The summed E-state index contributed by atoms with van der Waals surface area (Å²) in [5, 5.41) is 11.9. The summed E-state index contributed by atoms with van der Waals surface area (Å²) in [6.07, 6.45) is 2.94. The molecule has 0 atom stereocenters. The predicted octanol–water partition coefficient (Wildman–Crippen LogP) is 1.53. The Hall–Kier alpha value is -1.55. The largest absolute Gasteiger partial charge is 0.369 e. The molecule has 0 amide bonds. The molecule has 2 heterocycles.